The SMILES string of the molecule is O=C(O)c1cccnc1[CH-]c1cccc(C(F)(F)F)c1.[NH2-].[NH2-].[Pt]. The van der Waals surface area contributed by atoms with E-state index in [4.69, 9.17) is 5.11 Å². The van der Waals surface area contributed by atoms with E-state index in [1.54, 1.807) is 0 Å². The van der Waals surface area contributed by atoms with Crippen molar-refractivity contribution in [2.75, 3.05) is 0 Å². The Morgan fingerprint density at radius 2 is 1.78 bits per heavy atom. The number of rotatable bonds is 3. The third-order valence-electron chi connectivity index (χ3n) is 2.59. The zero-order valence-electron chi connectivity index (χ0n) is 11.5. The van der Waals surface area contributed by atoms with Crippen LogP contribution in [0.4, 0.5) is 13.2 Å². The normalized spacial score (nSPS) is 9.70. The van der Waals surface area contributed by atoms with Crippen molar-refractivity contribution in [2.24, 2.45) is 0 Å². The minimum absolute atomic E-state index is 0. The Labute approximate surface area is 145 Å². The zero-order chi connectivity index (χ0) is 14.8. The quantitative estimate of drug-likeness (QED) is 0.600. The molecule has 1 heterocycles. The fourth-order valence-corrected chi connectivity index (χ4v) is 1.68. The number of nitrogens with two attached hydrogens (primary N) is 2. The van der Waals surface area contributed by atoms with Gasteiger partial charge in [0.2, 0.25) is 0 Å². The van der Waals surface area contributed by atoms with E-state index >= 15 is 0 Å². The molecule has 0 aliphatic heterocycles. The fourth-order valence-electron chi connectivity index (χ4n) is 1.68. The number of aromatic carboxylic acids is 1. The summed E-state index contributed by atoms with van der Waals surface area (Å²) in [5, 5.41) is 8.99. The number of benzene rings is 1. The summed E-state index contributed by atoms with van der Waals surface area (Å²) >= 11 is 0. The molecule has 0 amide bonds. The van der Waals surface area contributed by atoms with Gasteiger partial charge in [-0.05, 0) is 5.69 Å². The second-order valence-electron chi connectivity index (χ2n) is 4.01. The van der Waals surface area contributed by atoms with E-state index in [9.17, 15) is 18.0 Å². The molecule has 2 aromatic rings. The van der Waals surface area contributed by atoms with Gasteiger partial charge in [0.1, 0.15) is 0 Å². The smallest absolute Gasteiger partial charge is 0.407 e. The monoisotopic (exact) mass is 507 g/mol. The molecular formula is C14H13F3N3O2Pt-3. The molecule has 0 atom stereocenters. The molecule has 9 heteroatoms. The number of hydrogen-bond acceptors (Lipinski definition) is 2. The maximum absolute atomic E-state index is 12.6. The Kier molecular flexibility index (Phi) is 9.44. The largest absolute Gasteiger partial charge is 0.693 e. The molecule has 2 rings (SSSR count). The van der Waals surface area contributed by atoms with Crippen LogP contribution in [0.2, 0.25) is 0 Å². The van der Waals surface area contributed by atoms with E-state index in [2.05, 4.69) is 4.98 Å². The Balaban J connectivity index is 0. The summed E-state index contributed by atoms with van der Waals surface area (Å²) in [5.74, 6) is -1.18. The molecule has 5 nitrogen and oxygen atoms in total. The predicted molar refractivity (Wildman–Crippen MR) is 75.7 cm³/mol. The summed E-state index contributed by atoms with van der Waals surface area (Å²) < 4.78 is 37.8. The molecule has 1 aromatic carbocycles. The number of halogens is 3. The number of carboxylic acid groups (broad SMARTS) is 1. The van der Waals surface area contributed by atoms with E-state index in [0.29, 0.717) is 0 Å². The standard InChI is InChI=1S/C14H9F3NO2.2H2N.Pt/c15-14(16,17)10-4-1-3-9(7-10)8-12-11(13(19)20)5-2-6-18-12;;;/h1-8H,(H,19,20);2*1H2;/q3*-1;. The molecule has 0 aliphatic rings. The Morgan fingerprint density at radius 3 is 2.35 bits per heavy atom. The van der Waals surface area contributed by atoms with Crippen molar-refractivity contribution < 1.29 is 44.1 Å². The second-order valence-corrected chi connectivity index (χ2v) is 4.01. The van der Waals surface area contributed by atoms with Crippen LogP contribution in [-0.4, -0.2) is 16.1 Å². The van der Waals surface area contributed by atoms with Gasteiger partial charge in [-0.15, -0.1) is 30.2 Å². The molecule has 0 saturated heterocycles. The minimum Gasteiger partial charge on any atom is -0.693 e. The first-order valence-electron chi connectivity index (χ1n) is 5.58. The van der Waals surface area contributed by atoms with Gasteiger partial charge in [0.25, 0.3) is 5.97 Å². The van der Waals surface area contributed by atoms with Gasteiger partial charge in [-0.25, -0.2) is 0 Å². The number of carboxylic acids is 1. The van der Waals surface area contributed by atoms with Crippen LogP contribution in [0.1, 0.15) is 27.2 Å². The van der Waals surface area contributed by atoms with Crippen molar-refractivity contribution in [3.05, 3.63) is 83.7 Å². The van der Waals surface area contributed by atoms with Crippen molar-refractivity contribution in [3.8, 4) is 0 Å². The van der Waals surface area contributed by atoms with E-state index in [1.807, 2.05) is 0 Å². The van der Waals surface area contributed by atoms with Gasteiger partial charge in [0.05, 0.1) is 0 Å². The number of nitrogens with zero attached hydrogens (tertiary/aromatic N) is 1. The van der Waals surface area contributed by atoms with Gasteiger partial charge >= 0.3 is 6.18 Å². The van der Waals surface area contributed by atoms with Crippen LogP contribution >= 0.6 is 0 Å². The molecule has 0 saturated carbocycles. The summed E-state index contributed by atoms with van der Waals surface area (Å²) in [6.07, 6.45) is -1.76. The summed E-state index contributed by atoms with van der Waals surface area (Å²) in [5.41, 5.74) is -0.510. The summed E-state index contributed by atoms with van der Waals surface area (Å²) in [7, 11) is 0. The van der Waals surface area contributed by atoms with Gasteiger partial charge in [0.15, 0.2) is 0 Å². The number of alkyl halides is 3. The average molecular weight is 507 g/mol. The topological polar surface area (TPSA) is 117 Å². The van der Waals surface area contributed by atoms with Crippen molar-refractivity contribution in [1.82, 2.24) is 4.98 Å². The van der Waals surface area contributed by atoms with Crippen LogP contribution < -0.4 is 0 Å². The first-order valence-corrected chi connectivity index (χ1v) is 5.58. The van der Waals surface area contributed by atoms with Crippen molar-refractivity contribution in [3.63, 3.8) is 0 Å². The van der Waals surface area contributed by atoms with Crippen molar-refractivity contribution in [2.45, 2.75) is 6.18 Å². The van der Waals surface area contributed by atoms with Crippen molar-refractivity contribution in [1.29, 1.82) is 0 Å². The van der Waals surface area contributed by atoms with Crippen LogP contribution in [0, 0.1) is 6.42 Å². The number of carbonyl (C=O) groups is 1. The molecule has 130 valence electrons. The van der Waals surface area contributed by atoms with Gasteiger partial charge in [-0.1, -0.05) is 18.2 Å². The van der Waals surface area contributed by atoms with E-state index < -0.39 is 17.7 Å². The van der Waals surface area contributed by atoms with Crippen LogP contribution in [0.5, 0.6) is 0 Å². The van der Waals surface area contributed by atoms with E-state index in [0.717, 1.165) is 12.1 Å². The maximum atomic E-state index is 12.6. The third kappa shape index (κ3) is 6.02. The Morgan fingerprint density at radius 1 is 1.13 bits per heavy atom. The number of pyridine rings is 1. The molecule has 0 bridgehead atoms. The molecule has 5 N–H and O–H groups in total. The predicted octanol–water partition coefficient (Wildman–Crippen LogP) is 4.83. The fraction of sp³-hybridized carbons (Fsp3) is 0.0714. The Hall–Kier alpha value is -1.89. The number of aromatic nitrogens is 1. The van der Waals surface area contributed by atoms with Crippen molar-refractivity contribution >= 4 is 5.97 Å². The summed E-state index contributed by atoms with van der Waals surface area (Å²) in [6, 6.07) is 7.41. The van der Waals surface area contributed by atoms with Gasteiger partial charge in [0, 0.05) is 38.4 Å². The van der Waals surface area contributed by atoms with Gasteiger partial charge in [-0.2, -0.15) is 13.2 Å². The molecule has 23 heavy (non-hydrogen) atoms. The molecule has 0 aliphatic carbocycles. The first-order chi connectivity index (χ1) is 9.38. The van der Waals surface area contributed by atoms with E-state index in [-0.39, 0.29) is 50.2 Å². The van der Waals surface area contributed by atoms with Crippen LogP contribution in [-0.2, 0) is 27.2 Å². The number of hydrogen-bond donors (Lipinski definition) is 1. The molecule has 0 spiro atoms. The first kappa shape index (κ1) is 23.4. The molecule has 0 radical (unpaired) electrons. The Bertz CT molecular complexity index is 651. The average Bonchev–Trinajstić information content (AvgIpc) is 2.38. The molecular weight excluding hydrogens is 494 g/mol. The van der Waals surface area contributed by atoms with Crippen LogP contribution in [0.25, 0.3) is 12.3 Å². The molecule has 0 unspecified atom stereocenters. The minimum atomic E-state index is -4.44. The third-order valence-corrected chi connectivity index (χ3v) is 2.59. The zero-order valence-corrected chi connectivity index (χ0v) is 13.8. The summed E-state index contributed by atoms with van der Waals surface area (Å²) in [4.78, 5) is 14.9. The van der Waals surface area contributed by atoms with Crippen LogP contribution in [0.3, 0.4) is 0 Å². The van der Waals surface area contributed by atoms with Gasteiger partial charge in [-0.3, -0.25) is 9.78 Å². The van der Waals surface area contributed by atoms with Gasteiger partial charge < -0.3 is 17.4 Å². The van der Waals surface area contributed by atoms with Crippen LogP contribution in [0.15, 0.2) is 42.6 Å². The summed E-state index contributed by atoms with van der Waals surface area (Å²) in [6.45, 7) is 0. The second kappa shape index (κ2) is 9.29. The maximum Gasteiger partial charge on any atom is 0.407 e. The molecule has 0 fully saturated rings. The molecule has 1 aromatic heterocycles. The van der Waals surface area contributed by atoms with E-state index in [1.165, 1.54) is 36.9 Å².